The topological polar surface area (TPSA) is 0 Å². The molecule has 0 fully saturated rings. The van der Waals surface area contributed by atoms with Crippen LogP contribution in [0.3, 0.4) is 0 Å². The van der Waals surface area contributed by atoms with Crippen molar-refractivity contribution < 1.29 is 0 Å². The molecule has 0 aromatic heterocycles. The molecule has 0 amide bonds. The minimum atomic E-state index is 0.643. The molecule has 0 heteroatoms. The maximum atomic E-state index is 5.47. The standard InChI is InChI=1S/C20H10/c1-3-18-15-10-16-19(20(18)4-2)14-9-8-13-17-11-6-5-7-12-17/h1-2,5-7,10-12,15-16H. The van der Waals surface area contributed by atoms with Crippen LogP contribution in [-0.2, 0) is 0 Å². The second-order valence-corrected chi connectivity index (χ2v) is 3.88. The largest absolute Gasteiger partial charge is 0.115 e. The van der Waals surface area contributed by atoms with E-state index in [-0.39, 0.29) is 0 Å². The Morgan fingerprint density at radius 2 is 1.35 bits per heavy atom. The molecule has 0 spiro atoms. The summed E-state index contributed by atoms with van der Waals surface area (Å²) >= 11 is 0. The van der Waals surface area contributed by atoms with E-state index in [0.717, 1.165) is 11.1 Å². The quantitative estimate of drug-likeness (QED) is 0.630. The summed E-state index contributed by atoms with van der Waals surface area (Å²) in [7, 11) is 0. The number of hydrogen-bond acceptors (Lipinski definition) is 0. The second-order valence-electron chi connectivity index (χ2n) is 3.88. The first-order valence-electron chi connectivity index (χ1n) is 5.98. The lowest BCUT2D eigenvalue weighted by Crippen LogP contribution is -1.88. The molecule has 0 atom stereocenters. The lowest BCUT2D eigenvalue weighted by atomic mass is 10.0. The summed E-state index contributed by atoms with van der Waals surface area (Å²) in [6, 6.07) is 15.2. The van der Waals surface area contributed by atoms with E-state index in [1.54, 1.807) is 6.07 Å². The van der Waals surface area contributed by atoms with E-state index in [1.165, 1.54) is 0 Å². The predicted octanol–water partition coefficient (Wildman–Crippen LogP) is 3.05. The average Bonchev–Trinajstić information content (AvgIpc) is 2.52. The van der Waals surface area contributed by atoms with Gasteiger partial charge in [0.2, 0.25) is 0 Å². The van der Waals surface area contributed by atoms with Crippen LogP contribution < -0.4 is 0 Å². The fourth-order valence-corrected chi connectivity index (χ4v) is 1.66. The van der Waals surface area contributed by atoms with Gasteiger partial charge in [-0.2, -0.15) is 0 Å². The molecule has 90 valence electrons. The Morgan fingerprint density at radius 1 is 0.650 bits per heavy atom. The van der Waals surface area contributed by atoms with E-state index in [4.69, 9.17) is 12.8 Å². The lowest BCUT2D eigenvalue weighted by Gasteiger charge is -1.98. The normalized spacial score (nSPS) is 8.10. The second kappa shape index (κ2) is 6.57. The molecule has 2 aromatic rings. The first kappa shape index (κ1) is 13.1. The van der Waals surface area contributed by atoms with Gasteiger partial charge in [0.25, 0.3) is 0 Å². The summed E-state index contributed by atoms with van der Waals surface area (Å²) in [6.07, 6.45) is 10.9. The summed E-state index contributed by atoms with van der Waals surface area (Å²) in [5.41, 5.74) is 2.97. The van der Waals surface area contributed by atoms with Crippen LogP contribution in [0.4, 0.5) is 0 Å². The molecule has 0 N–H and O–H groups in total. The smallest absolute Gasteiger partial charge is 0.0555 e. The Morgan fingerprint density at radius 3 is 2.05 bits per heavy atom. The maximum Gasteiger partial charge on any atom is 0.0555 e. The Hall–Kier alpha value is -3.32. The highest BCUT2D eigenvalue weighted by atomic mass is 14.0. The monoisotopic (exact) mass is 250 g/mol. The Bertz CT molecular complexity index is 817. The molecule has 0 aliphatic rings. The van der Waals surface area contributed by atoms with Crippen molar-refractivity contribution >= 4 is 0 Å². The van der Waals surface area contributed by atoms with Gasteiger partial charge in [0, 0.05) is 16.7 Å². The van der Waals surface area contributed by atoms with Crippen molar-refractivity contribution in [1.82, 2.24) is 0 Å². The highest BCUT2D eigenvalue weighted by molar-refractivity contribution is 5.59. The highest BCUT2D eigenvalue weighted by Crippen LogP contribution is 2.11. The van der Waals surface area contributed by atoms with Crippen molar-refractivity contribution in [1.29, 1.82) is 0 Å². The summed E-state index contributed by atoms with van der Waals surface area (Å²) in [6.45, 7) is 0. The zero-order chi connectivity index (χ0) is 14.2. The first-order chi connectivity index (χ1) is 9.85. The van der Waals surface area contributed by atoms with Crippen molar-refractivity contribution in [2.75, 3.05) is 0 Å². The predicted molar refractivity (Wildman–Crippen MR) is 82.5 cm³/mol. The average molecular weight is 250 g/mol. The van der Waals surface area contributed by atoms with Crippen molar-refractivity contribution in [2.45, 2.75) is 0 Å². The number of benzene rings is 2. The molecule has 20 heavy (non-hydrogen) atoms. The molecular formula is C20H10. The third-order valence-electron chi connectivity index (χ3n) is 2.60. The molecule has 0 saturated carbocycles. The molecule has 0 heterocycles. The third-order valence-corrected chi connectivity index (χ3v) is 2.60. The number of hydrogen-bond donors (Lipinski definition) is 0. The zero-order valence-electron chi connectivity index (χ0n) is 10.8. The number of rotatable bonds is 0. The fraction of sp³-hybridized carbons (Fsp3) is 0. The number of terminal acetylenes is 2. The molecule has 2 rings (SSSR count). The third kappa shape index (κ3) is 3.12. The molecule has 0 bridgehead atoms. The molecular weight excluding hydrogens is 240 g/mol. The van der Waals surface area contributed by atoms with Crippen LogP contribution in [0, 0.1) is 48.4 Å². The minimum absolute atomic E-state index is 0.643. The van der Waals surface area contributed by atoms with Crippen molar-refractivity contribution in [3.63, 3.8) is 0 Å². The Balaban J connectivity index is 2.30. The van der Waals surface area contributed by atoms with E-state index in [1.807, 2.05) is 42.5 Å². The van der Waals surface area contributed by atoms with Gasteiger partial charge < -0.3 is 0 Å². The highest BCUT2D eigenvalue weighted by Gasteiger charge is 2.00. The Kier molecular flexibility index (Phi) is 4.31. The van der Waals surface area contributed by atoms with E-state index in [0.29, 0.717) is 11.1 Å². The van der Waals surface area contributed by atoms with Crippen LogP contribution in [0.15, 0.2) is 48.5 Å². The van der Waals surface area contributed by atoms with Gasteiger partial charge in [-0.05, 0) is 36.1 Å². The first-order valence-corrected chi connectivity index (χ1v) is 5.98. The zero-order valence-corrected chi connectivity index (χ0v) is 10.8. The summed E-state index contributed by atoms with van der Waals surface area (Å²) < 4.78 is 0. The van der Waals surface area contributed by atoms with E-state index in [2.05, 4.69) is 35.5 Å². The van der Waals surface area contributed by atoms with E-state index in [9.17, 15) is 0 Å². The minimum Gasteiger partial charge on any atom is -0.115 e. The summed E-state index contributed by atoms with van der Waals surface area (Å²) in [5, 5.41) is 0. The van der Waals surface area contributed by atoms with Crippen LogP contribution in [-0.4, -0.2) is 0 Å². The van der Waals surface area contributed by atoms with Crippen molar-refractivity contribution in [3.05, 3.63) is 70.8 Å². The molecule has 0 aliphatic heterocycles. The molecule has 0 aliphatic carbocycles. The SMILES string of the molecule is C#Cc1cccc(C#CC#Cc2ccccc2)c1C#C. The van der Waals surface area contributed by atoms with Crippen LogP contribution in [0.25, 0.3) is 0 Å². The van der Waals surface area contributed by atoms with Gasteiger partial charge in [0.1, 0.15) is 0 Å². The molecule has 0 nitrogen and oxygen atoms in total. The van der Waals surface area contributed by atoms with Gasteiger partial charge in [-0.1, -0.05) is 47.9 Å². The van der Waals surface area contributed by atoms with Gasteiger partial charge >= 0.3 is 0 Å². The maximum absolute atomic E-state index is 5.47. The van der Waals surface area contributed by atoms with Crippen LogP contribution >= 0.6 is 0 Å². The van der Waals surface area contributed by atoms with Gasteiger partial charge in [0.15, 0.2) is 0 Å². The summed E-state index contributed by atoms with van der Waals surface area (Å²) in [4.78, 5) is 0. The van der Waals surface area contributed by atoms with Crippen molar-refractivity contribution in [2.24, 2.45) is 0 Å². The van der Waals surface area contributed by atoms with Gasteiger partial charge in [-0.3, -0.25) is 0 Å². The molecule has 0 radical (unpaired) electrons. The van der Waals surface area contributed by atoms with E-state index >= 15 is 0 Å². The van der Waals surface area contributed by atoms with Gasteiger partial charge in [-0.25, -0.2) is 0 Å². The van der Waals surface area contributed by atoms with Crippen LogP contribution in [0.2, 0.25) is 0 Å². The fourth-order valence-electron chi connectivity index (χ4n) is 1.66. The van der Waals surface area contributed by atoms with E-state index < -0.39 is 0 Å². The van der Waals surface area contributed by atoms with Gasteiger partial charge in [-0.15, -0.1) is 12.8 Å². The van der Waals surface area contributed by atoms with Crippen molar-refractivity contribution in [3.8, 4) is 48.4 Å². The Labute approximate surface area is 119 Å². The molecule has 0 saturated heterocycles. The van der Waals surface area contributed by atoms with Crippen LogP contribution in [0.5, 0.6) is 0 Å². The van der Waals surface area contributed by atoms with Gasteiger partial charge in [0.05, 0.1) is 5.56 Å². The lowest BCUT2D eigenvalue weighted by molar-refractivity contribution is 1.55. The van der Waals surface area contributed by atoms with Crippen LogP contribution in [0.1, 0.15) is 22.3 Å². The molecule has 0 unspecified atom stereocenters. The summed E-state index contributed by atoms with van der Waals surface area (Å²) in [5.74, 6) is 16.7. The molecule has 2 aromatic carbocycles.